The molecule has 0 bridgehead atoms. The van der Waals surface area contributed by atoms with Crippen molar-refractivity contribution in [3.8, 4) is 5.75 Å². The molecule has 2 aromatic rings. The number of aryl methyl sites for hydroxylation is 1. The number of anilines is 1. The predicted octanol–water partition coefficient (Wildman–Crippen LogP) is 5.44. The zero-order chi connectivity index (χ0) is 15.1. The number of halogens is 1. The van der Waals surface area contributed by atoms with Crippen molar-refractivity contribution in [2.24, 2.45) is 0 Å². The summed E-state index contributed by atoms with van der Waals surface area (Å²) in [6.45, 7) is 5.73. The lowest BCUT2D eigenvalue weighted by Crippen LogP contribution is -2.05. The van der Waals surface area contributed by atoms with Gasteiger partial charge in [-0.05, 0) is 43.2 Å². The number of unbranched alkanes of at least 4 members (excludes halogenated alkanes) is 1. The van der Waals surface area contributed by atoms with Crippen LogP contribution in [0.1, 0.15) is 30.9 Å². The van der Waals surface area contributed by atoms with E-state index in [1.165, 1.54) is 5.56 Å². The maximum atomic E-state index is 5.98. The average Bonchev–Trinajstić information content (AvgIpc) is 2.48. The first-order valence-electron chi connectivity index (χ1n) is 7.41. The normalized spacial score (nSPS) is 10.4. The molecule has 112 valence electrons. The van der Waals surface area contributed by atoms with Crippen LogP contribution < -0.4 is 10.1 Å². The van der Waals surface area contributed by atoms with Gasteiger partial charge in [0.1, 0.15) is 5.75 Å². The molecule has 0 atom stereocenters. The molecule has 0 unspecified atom stereocenters. The fourth-order valence-electron chi connectivity index (χ4n) is 2.13. The van der Waals surface area contributed by atoms with E-state index in [0.717, 1.165) is 48.0 Å². The second-order valence-corrected chi connectivity index (χ2v) is 5.56. The van der Waals surface area contributed by atoms with Crippen molar-refractivity contribution in [3.05, 3.63) is 58.6 Å². The van der Waals surface area contributed by atoms with E-state index >= 15 is 0 Å². The van der Waals surface area contributed by atoms with Gasteiger partial charge < -0.3 is 10.1 Å². The van der Waals surface area contributed by atoms with Gasteiger partial charge in [0, 0.05) is 22.8 Å². The first-order chi connectivity index (χ1) is 10.2. The van der Waals surface area contributed by atoms with Crippen LogP contribution in [-0.4, -0.2) is 6.61 Å². The summed E-state index contributed by atoms with van der Waals surface area (Å²) in [5.74, 6) is 0.963. The maximum absolute atomic E-state index is 5.98. The minimum atomic E-state index is 0.741. The molecule has 2 nitrogen and oxygen atoms in total. The van der Waals surface area contributed by atoms with Gasteiger partial charge in [0.05, 0.1) is 6.61 Å². The monoisotopic (exact) mass is 303 g/mol. The third-order valence-corrected chi connectivity index (χ3v) is 3.62. The first-order valence-corrected chi connectivity index (χ1v) is 7.79. The average molecular weight is 304 g/mol. The number of hydrogen-bond acceptors (Lipinski definition) is 2. The Morgan fingerprint density at radius 2 is 1.95 bits per heavy atom. The molecule has 3 heteroatoms. The van der Waals surface area contributed by atoms with Crippen LogP contribution in [0.4, 0.5) is 5.69 Å². The third-order valence-electron chi connectivity index (χ3n) is 3.39. The zero-order valence-electron chi connectivity index (χ0n) is 12.7. The Morgan fingerprint density at radius 3 is 2.71 bits per heavy atom. The Bertz CT molecular complexity index is 583. The van der Waals surface area contributed by atoms with E-state index < -0.39 is 0 Å². The van der Waals surface area contributed by atoms with E-state index in [9.17, 15) is 0 Å². The quantitative estimate of drug-likeness (QED) is 0.688. The maximum Gasteiger partial charge on any atom is 0.124 e. The molecule has 2 rings (SSSR count). The van der Waals surface area contributed by atoms with E-state index in [1.807, 2.05) is 36.4 Å². The molecule has 2 aromatic carbocycles. The van der Waals surface area contributed by atoms with Crippen LogP contribution in [0.15, 0.2) is 42.5 Å². The number of nitrogens with one attached hydrogen (secondary N) is 1. The molecule has 0 saturated heterocycles. The molecule has 0 aromatic heterocycles. The van der Waals surface area contributed by atoms with Crippen LogP contribution in [0.3, 0.4) is 0 Å². The summed E-state index contributed by atoms with van der Waals surface area (Å²) in [6.07, 6.45) is 2.22. The number of hydrogen-bond donors (Lipinski definition) is 1. The lowest BCUT2D eigenvalue weighted by atomic mass is 10.1. The van der Waals surface area contributed by atoms with E-state index in [-0.39, 0.29) is 0 Å². The van der Waals surface area contributed by atoms with Gasteiger partial charge in [-0.3, -0.25) is 0 Å². The summed E-state index contributed by atoms with van der Waals surface area (Å²) >= 11 is 5.98. The third kappa shape index (κ3) is 4.68. The van der Waals surface area contributed by atoms with Gasteiger partial charge in [-0.2, -0.15) is 0 Å². The molecule has 0 aliphatic rings. The molecule has 1 N–H and O–H groups in total. The highest BCUT2D eigenvalue weighted by Crippen LogP contribution is 2.23. The molecule has 0 saturated carbocycles. The zero-order valence-corrected chi connectivity index (χ0v) is 13.4. The number of benzene rings is 2. The van der Waals surface area contributed by atoms with Gasteiger partial charge in [0.2, 0.25) is 0 Å². The lowest BCUT2D eigenvalue weighted by molar-refractivity contribution is 0.306. The van der Waals surface area contributed by atoms with Crippen LogP contribution in [-0.2, 0) is 6.54 Å². The number of para-hydroxylation sites is 1. The first kappa shape index (κ1) is 15.7. The topological polar surface area (TPSA) is 21.3 Å². The highest BCUT2D eigenvalue weighted by Gasteiger charge is 2.04. The molecule has 0 heterocycles. The summed E-state index contributed by atoms with van der Waals surface area (Å²) < 4.78 is 5.85. The second kappa shape index (κ2) is 7.94. The van der Waals surface area contributed by atoms with Gasteiger partial charge in [-0.15, -0.1) is 0 Å². The molecule has 0 radical (unpaired) electrons. The molecule has 0 fully saturated rings. The highest BCUT2D eigenvalue weighted by atomic mass is 35.5. The fraction of sp³-hybridized carbons (Fsp3) is 0.333. The Kier molecular flexibility index (Phi) is 5.94. The summed E-state index contributed by atoms with van der Waals surface area (Å²) in [4.78, 5) is 0. The van der Waals surface area contributed by atoms with E-state index in [2.05, 4.69) is 25.2 Å². The van der Waals surface area contributed by atoms with Gasteiger partial charge >= 0.3 is 0 Å². The Morgan fingerprint density at radius 1 is 1.14 bits per heavy atom. The van der Waals surface area contributed by atoms with Crippen molar-refractivity contribution >= 4 is 17.3 Å². The summed E-state index contributed by atoms with van der Waals surface area (Å²) in [7, 11) is 0. The van der Waals surface area contributed by atoms with Crippen LogP contribution >= 0.6 is 11.6 Å². The van der Waals surface area contributed by atoms with Crippen molar-refractivity contribution in [1.82, 2.24) is 0 Å². The van der Waals surface area contributed by atoms with Gasteiger partial charge in [0.15, 0.2) is 0 Å². The smallest absolute Gasteiger partial charge is 0.124 e. The van der Waals surface area contributed by atoms with E-state index in [4.69, 9.17) is 16.3 Å². The van der Waals surface area contributed by atoms with Gasteiger partial charge in [0.25, 0.3) is 0 Å². The molecule has 21 heavy (non-hydrogen) atoms. The fourth-order valence-corrected chi connectivity index (χ4v) is 2.36. The van der Waals surface area contributed by atoms with Crippen molar-refractivity contribution in [2.75, 3.05) is 11.9 Å². The standard InChI is InChI=1S/C18H22ClNO/c1-3-4-11-21-18-8-6-5-7-15(18)13-20-17-10-9-16(19)12-14(17)2/h5-10,12,20H,3-4,11,13H2,1-2H3. The van der Waals surface area contributed by atoms with Crippen molar-refractivity contribution in [3.63, 3.8) is 0 Å². The number of rotatable bonds is 7. The van der Waals surface area contributed by atoms with Crippen LogP contribution in [0.2, 0.25) is 5.02 Å². The molecule has 0 aliphatic carbocycles. The molecular weight excluding hydrogens is 282 g/mol. The van der Waals surface area contributed by atoms with E-state index in [1.54, 1.807) is 0 Å². The SMILES string of the molecule is CCCCOc1ccccc1CNc1ccc(Cl)cc1C. The van der Waals surface area contributed by atoms with Crippen LogP contribution in [0, 0.1) is 6.92 Å². The minimum Gasteiger partial charge on any atom is -0.493 e. The van der Waals surface area contributed by atoms with E-state index in [0.29, 0.717) is 0 Å². The van der Waals surface area contributed by atoms with Crippen LogP contribution in [0.25, 0.3) is 0 Å². The Balaban J connectivity index is 2.02. The summed E-state index contributed by atoms with van der Waals surface area (Å²) in [5.41, 5.74) is 3.41. The van der Waals surface area contributed by atoms with Crippen LogP contribution in [0.5, 0.6) is 5.75 Å². The largest absolute Gasteiger partial charge is 0.493 e. The molecular formula is C18H22ClNO. The predicted molar refractivity (Wildman–Crippen MR) is 90.4 cm³/mol. The Hall–Kier alpha value is -1.67. The second-order valence-electron chi connectivity index (χ2n) is 5.12. The minimum absolute atomic E-state index is 0.741. The molecule has 0 amide bonds. The van der Waals surface area contributed by atoms with Crippen molar-refractivity contribution in [2.45, 2.75) is 33.2 Å². The van der Waals surface area contributed by atoms with Crippen molar-refractivity contribution < 1.29 is 4.74 Å². The molecule has 0 aliphatic heterocycles. The number of ether oxygens (including phenoxy) is 1. The molecule has 0 spiro atoms. The summed E-state index contributed by atoms with van der Waals surface area (Å²) in [5, 5.41) is 4.21. The summed E-state index contributed by atoms with van der Waals surface area (Å²) in [6, 6.07) is 14.1. The van der Waals surface area contributed by atoms with Gasteiger partial charge in [-0.1, -0.05) is 43.1 Å². The highest BCUT2D eigenvalue weighted by molar-refractivity contribution is 6.30. The van der Waals surface area contributed by atoms with Crippen molar-refractivity contribution in [1.29, 1.82) is 0 Å². The Labute approximate surface area is 132 Å². The van der Waals surface area contributed by atoms with Gasteiger partial charge in [-0.25, -0.2) is 0 Å². The lowest BCUT2D eigenvalue weighted by Gasteiger charge is -2.14.